The molecule has 1 heteroatoms. The summed E-state index contributed by atoms with van der Waals surface area (Å²) in [6, 6.07) is 11.1. The minimum atomic E-state index is -0.287. The molecule has 0 fully saturated rings. The third-order valence-corrected chi connectivity index (χ3v) is 3.47. The SMILES string of the molecule is CCCc1ccc(C(C#N)(CC)CC)cc1. The molecule has 0 unspecified atom stereocenters. The normalized spacial score (nSPS) is 11.1. The van der Waals surface area contributed by atoms with Crippen molar-refractivity contribution in [2.45, 2.75) is 51.9 Å². The molecule has 0 atom stereocenters. The van der Waals surface area contributed by atoms with Crippen molar-refractivity contribution >= 4 is 0 Å². The number of rotatable bonds is 5. The Morgan fingerprint density at radius 1 is 1.06 bits per heavy atom. The van der Waals surface area contributed by atoms with E-state index >= 15 is 0 Å². The highest BCUT2D eigenvalue weighted by Gasteiger charge is 2.27. The lowest BCUT2D eigenvalue weighted by Gasteiger charge is -2.24. The Morgan fingerprint density at radius 2 is 1.62 bits per heavy atom. The summed E-state index contributed by atoms with van der Waals surface area (Å²) in [6.45, 7) is 6.37. The van der Waals surface area contributed by atoms with Gasteiger partial charge in [-0.2, -0.15) is 5.26 Å². The van der Waals surface area contributed by atoms with Crippen molar-refractivity contribution in [1.82, 2.24) is 0 Å². The second kappa shape index (κ2) is 5.70. The average molecular weight is 215 g/mol. The zero-order chi connectivity index (χ0) is 12.0. The van der Waals surface area contributed by atoms with Crippen LogP contribution in [0.5, 0.6) is 0 Å². The van der Waals surface area contributed by atoms with Gasteiger partial charge in [-0.1, -0.05) is 51.5 Å². The Balaban J connectivity index is 3.00. The van der Waals surface area contributed by atoms with Crippen LogP contribution in [0, 0.1) is 11.3 Å². The van der Waals surface area contributed by atoms with Crippen LogP contribution in [0.15, 0.2) is 24.3 Å². The number of nitriles is 1. The van der Waals surface area contributed by atoms with E-state index in [2.05, 4.69) is 51.1 Å². The van der Waals surface area contributed by atoms with Crippen LogP contribution in [0.2, 0.25) is 0 Å². The van der Waals surface area contributed by atoms with E-state index in [1.54, 1.807) is 0 Å². The fourth-order valence-corrected chi connectivity index (χ4v) is 2.16. The van der Waals surface area contributed by atoms with Crippen molar-refractivity contribution < 1.29 is 0 Å². The fraction of sp³-hybridized carbons (Fsp3) is 0.533. The molecule has 0 aromatic heterocycles. The van der Waals surface area contributed by atoms with Crippen LogP contribution < -0.4 is 0 Å². The summed E-state index contributed by atoms with van der Waals surface area (Å²) < 4.78 is 0. The minimum Gasteiger partial charge on any atom is -0.197 e. The molecular formula is C15H21N. The van der Waals surface area contributed by atoms with Gasteiger partial charge in [0.05, 0.1) is 11.5 Å². The zero-order valence-corrected chi connectivity index (χ0v) is 10.6. The van der Waals surface area contributed by atoms with E-state index in [4.69, 9.17) is 0 Å². The van der Waals surface area contributed by atoms with Gasteiger partial charge >= 0.3 is 0 Å². The quantitative estimate of drug-likeness (QED) is 0.721. The molecule has 0 N–H and O–H groups in total. The standard InChI is InChI=1S/C15H21N/c1-4-7-13-8-10-14(11-9-13)15(5-2,6-3)12-16/h8-11H,4-7H2,1-3H3. The maximum Gasteiger partial charge on any atom is 0.0817 e. The minimum absolute atomic E-state index is 0.287. The van der Waals surface area contributed by atoms with E-state index in [0.717, 1.165) is 19.3 Å². The predicted molar refractivity (Wildman–Crippen MR) is 68.3 cm³/mol. The Morgan fingerprint density at radius 3 is 2.00 bits per heavy atom. The molecule has 0 spiro atoms. The van der Waals surface area contributed by atoms with Crippen LogP contribution in [0.3, 0.4) is 0 Å². The molecule has 16 heavy (non-hydrogen) atoms. The number of hydrogen-bond donors (Lipinski definition) is 0. The lowest BCUT2D eigenvalue weighted by atomic mass is 9.77. The molecule has 0 radical (unpaired) electrons. The highest BCUT2D eigenvalue weighted by Crippen LogP contribution is 2.30. The molecule has 0 saturated heterocycles. The Kier molecular flexibility index (Phi) is 4.55. The van der Waals surface area contributed by atoms with Gasteiger partial charge in [0.25, 0.3) is 0 Å². The first-order valence-electron chi connectivity index (χ1n) is 6.23. The summed E-state index contributed by atoms with van der Waals surface area (Å²) in [5.41, 5.74) is 2.25. The van der Waals surface area contributed by atoms with Crippen molar-refractivity contribution in [3.8, 4) is 6.07 Å². The molecule has 86 valence electrons. The number of benzene rings is 1. The van der Waals surface area contributed by atoms with E-state index in [-0.39, 0.29) is 5.41 Å². The maximum absolute atomic E-state index is 9.35. The largest absolute Gasteiger partial charge is 0.197 e. The van der Waals surface area contributed by atoms with Crippen molar-refractivity contribution in [2.24, 2.45) is 0 Å². The molecule has 0 saturated carbocycles. The van der Waals surface area contributed by atoms with Crippen LogP contribution in [-0.2, 0) is 11.8 Å². The third kappa shape index (κ3) is 2.44. The zero-order valence-electron chi connectivity index (χ0n) is 10.6. The van der Waals surface area contributed by atoms with Crippen LogP contribution in [0.4, 0.5) is 0 Å². The smallest absolute Gasteiger partial charge is 0.0817 e. The van der Waals surface area contributed by atoms with Gasteiger partial charge < -0.3 is 0 Å². The molecule has 0 aliphatic rings. The van der Waals surface area contributed by atoms with E-state index in [0.29, 0.717) is 0 Å². The van der Waals surface area contributed by atoms with Crippen LogP contribution in [0.1, 0.15) is 51.2 Å². The van der Waals surface area contributed by atoms with Gasteiger partial charge in [-0.25, -0.2) is 0 Å². The molecular weight excluding hydrogens is 194 g/mol. The second-order valence-electron chi connectivity index (χ2n) is 4.35. The summed E-state index contributed by atoms with van der Waals surface area (Å²) >= 11 is 0. The molecule has 1 rings (SSSR count). The van der Waals surface area contributed by atoms with Gasteiger partial charge in [-0.3, -0.25) is 0 Å². The maximum atomic E-state index is 9.35. The van der Waals surface area contributed by atoms with Crippen LogP contribution in [-0.4, -0.2) is 0 Å². The molecule has 1 nitrogen and oxygen atoms in total. The molecule has 0 bridgehead atoms. The van der Waals surface area contributed by atoms with Gasteiger partial charge in [0, 0.05) is 0 Å². The van der Waals surface area contributed by atoms with Crippen molar-refractivity contribution in [3.63, 3.8) is 0 Å². The Bertz CT molecular complexity index is 352. The summed E-state index contributed by atoms with van der Waals surface area (Å²) in [4.78, 5) is 0. The lowest BCUT2D eigenvalue weighted by molar-refractivity contribution is 0.511. The van der Waals surface area contributed by atoms with Crippen LogP contribution >= 0.6 is 0 Å². The summed E-state index contributed by atoms with van der Waals surface area (Å²) in [6.07, 6.45) is 4.06. The topological polar surface area (TPSA) is 23.8 Å². The molecule has 0 heterocycles. The number of aryl methyl sites for hydroxylation is 1. The highest BCUT2D eigenvalue weighted by atomic mass is 14.4. The molecule has 0 aliphatic carbocycles. The van der Waals surface area contributed by atoms with Gasteiger partial charge in [-0.15, -0.1) is 0 Å². The highest BCUT2D eigenvalue weighted by molar-refractivity contribution is 5.34. The molecule has 0 aliphatic heterocycles. The van der Waals surface area contributed by atoms with Crippen molar-refractivity contribution in [3.05, 3.63) is 35.4 Å². The first-order chi connectivity index (χ1) is 7.72. The second-order valence-corrected chi connectivity index (χ2v) is 4.35. The van der Waals surface area contributed by atoms with E-state index in [1.807, 2.05) is 0 Å². The Hall–Kier alpha value is -1.29. The average Bonchev–Trinajstić information content (AvgIpc) is 2.34. The number of nitrogens with zero attached hydrogens (tertiary/aromatic N) is 1. The van der Waals surface area contributed by atoms with Crippen molar-refractivity contribution in [2.75, 3.05) is 0 Å². The predicted octanol–water partition coefficient (Wildman–Crippen LogP) is 4.22. The summed E-state index contributed by atoms with van der Waals surface area (Å²) in [5.74, 6) is 0. The fourth-order valence-electron chi connectivity index (χ4n) is 2.16. The van der Waals surface area contributed by atoms with Gasteiger partial charge in [0.1, 0.15) is 0 Å². The van der Waals surface area contributed by atoms with Gasteiger partial charge in [0.2, 0.25) is 0 Å². The van der Waals surface area contributed by atoms with E-state index in [9.17, 15) is 5.26 Å². The third-order valence-electron chi connectivity index (χ3n) is 3.47. The summed E-state index contributed by atoms with van der Waals surface area (Å²) in [5, 5.41) is 9.35. The number of hydrogen-bond acceptors (Lipinski definition) is 1. The Labute approximate surface area is 99.1 Å². The van der Waals surface area contributed by atoms with Gasteiger partial charge in [0.15, 0.2) is 0 Å². The van der Waals surface area contributed by atoms with E-state index in [1.165, 1.54) is 17.5 Å². The molecule has 0 amide bonds. The first-order valence-corrected chi connectivity index (χ1v) is 6.23. The first kappa shape index (κ1) is 12.8. The lowest BCUT2D eigenvalue weighted by Crippen LogP contribution is -2.21. The molecule has 1 aromatic carbocycles. The summed E-state index contributed by atoms with van der Waals surface area (Å²) in [7, 11) is 0. The monoisotopic (exact) mass is 215 g/mol. The molecule has 1 aromatic rings. The van der Waals surface area contributed by atoms with E-state index < -0.39 is 0 Å². The van der Waals surface area contributed by atoms with Crippen LogP contribution in [0.25, 0.3) is 0 Å². The van der Waals surface area contributed by atoms with Crippen molar-refractivity contribution in [1.29, 1.82) is 5.26 Å². The van der Waals surface area contributed by atoms with Gasteiger partial charge in [-0.05, 0) is 30.4 Å².